The first-order chi connectivity index (χ1) is 2.41. The molecule has 0 aliphatic heterocycles. The Balaban J connectivity index is 2.19. The second-order valence-electron chi connectivity index (χ2n) is 0.440. The molecule has 31 valence electrons. The molecular formula is C2H6AsO2. The Morgan fingerprint density at radius 3 is 1.60 bits per heavy atom. The van der Waals surface area contributed by atoms with Crippen LogP contribution in [0.2, 0.25) is 0 Å². The molecule has 1 radical (unpaired) electrons. The van der Waals surface area contributed by atoms with Crippen molar-refractivity contribution in [3.63, 3.8) is 0 Å². The summed E-state index contributed by atoms with van der Waals surface area (Å²) in [5.41, 5.74) is 0. The van der Waals surface area contributed by atoms with Crippen LogP contribution in [-0.4, -0.2) is 30.7 Å². The van der Waals surface area contributed by atoms with Crippen LogP contribution in [-0.2, 0) is 7.45 Å². The van der Waals surface area contributed by atoms with Crippen LogP contribution in [0, 0.1) is 0 Å². The van der Waals surface area contributed by atoms with Gasteiger partial charge in [-0.05, 0) is 0 Å². The maximum atomic E-state index is 4.56. The average molecular weight is 137 g/mol. The number of hydrogen-bond acceptors (Lipinski definition) is 2. The van der Waals surface area contributed by atoms with Crippen molar-refractivity contribution in [2.24, 2.45) is 0 Å². The SMILES string of the molecule is CO[As]OC. The van der Waals surface area contributed by atoms with Crippen molar-refractivity contribution in [2.45, 2.75) is 0 Å². The molecule has 0 unspecified atom stereocenters. The Morgan fingerprint density at radius 1 is 1.20 bits per heavy atom. The average Bonchev–Trinajstić information content (AvgIpc) is 1.41. The van der Waals surface area contributed by atoms with E-state index in [1.54, 1.807) is 14.2 Å². The van der Waals surface area contributed by atoms with Crippen molar-refractivity contribution in [1.29, 1.82) is 0 Å². The Morgan fingerprint density at radius 2 is 1.60 bits per heavy atom. The van der Waals surface area contributed by atoms with Crippen LogP contribution in [0.5, 0.6) is 0 Å². The summed E-state index contributed by atoms with van der Waals surface area (Å²) in [5, 5.41) is 0. The second kappa shape index (κ2) is 4.48. The van der Waals surface area contributed by atoms with E-state index in [0.717, 1.165) is 0 Å². The monoisotopic (exact) mass is 137 g/mol. The first-order valence-electron chi connectivity index (χ1n) is 1.18. The van der Waals surface area contributed by atoms with Crippen molar-refractivity contribution < 1.29 is 7.45 Å². The van der Waals surface area contributed by atoms with Gasteiger partial charge in [0.2, 0.25) is 0 Å². The van der Waals surface area contributed by atoms with Crippen molar-refractivity contribution in [2.75, 3.05) is 14.2 Å². The molecule has 0 heterocycles. The van der Waals surface area contributed by atoms with Crippen LogP contribution in [0.4, 0.5) is 0 Å². The molecule has 0 fully saturated rings. The Kier molecular flexibility index (Phi) is 4.91. The molecule has 3 heteroatoms. The Labute approximate surface area is 38.9 Å². The fourth-order valence-corrected chi connectivity index (χ4v) is 0.387. The Bertz CT molecular complexity index is 15.1. The second-order valence-corrected chi connectivity index (χ2v) is 2.28. The van der Waals surface area contributed by atoms with Crippen molar-refractivity contribution in [3.05, 3.63) is 0 Å². The van der Waals surface area contributed by atoms with Gasteiger partial charge < -0.3 is 0 Å². The third-order valence-corrected chi connectivity index (χ3v) is 0.775. The molecule has 0 bridgehead atoms. The molecule has 0 aromatic heterocycles. The van der Waals surface area contributed by atoms with Gasteiger partial charge in [0.15, 0.2) is 0 Å². The van der Waals surface area contributed by atoms with E-state index in [-0.39, 0.29) is 16.4 Å². The van der Waals surface area contributed by atoms with Gasteiger partial charge in [-0.15, -0.1) is 0 Å². The van der Waals surface area contributed by atoms with Crippen molar-refractivity contribution in [1.82, 2.24) is 0 Å². The first-order valence-corrected chi connectivity index (χ1v) is 2.71. The zero-order chi connectivity index (χ0) is 4.12. The summed E-state index contributed by atoms with van der Waals surface area (Å²) in [6.45, 7) is 0. The minimum atomic E-state index is -0.257. The van der Waals surface area contributed by atoms with E-state index < -0.39 is 0 Å². The van der Waals surface area contributed by atoms with Gasteiger partial charge >= 0.3 is 38.1 Å². The summed E-state index contributed by atoms with van der Waals surface area (Å²) in [6.07, 6.45) is 0. The van der Waals surface area contributed by atoms with Crippen LogP contribution in [0.3, 0.4) is 0 Å². The summed E-state index contributed by atoms with van der Waals surface area (Å²) in [4.78, 5) is 0. The van der Waals surface area contributed by atoms with Crippen LogP contribution in [0.1, 0.15) is 0 Å². The zero-order valence-electron chi connectivity index (χ0n) is 3.26. The molecule has 0 aromatic carbocycles. The van der Waals surface area contributed by atoms with Gasteiger partial charge in [0.05, 0.1) is 0 Å². The Hall–Kier alpha value is 0.478. The first kappa shape index (κ1) is 5.48. The number of hydrogen-bond donors (Lipinski definition) is 0. The van der Waals surface area contributed by atoms with E-state index >= 15 is 0 Å². The third-order valence-electron chi connectivity index (χ3n) is 0.149. The molecule has 0 N–H and O–H groups in total. The van der Waals surface area contributed by atoms with Gasteiger partial charge in [0.1, 0.15) is 0 Å². The van der Waals surface area contributed by atoms with E-state index in [9.17, 15) is 0 Å². The third kappa shape index (κ3) is 4.48. The zero-order valence-corrected chi connectivity index (χ0v) is 5.14. The van der Waals surface area contributed by atoms with Crippen LogP contribution in [0.15, 0.2) is 0 Å². The van der Waals surface area contributed by atoms with Crippen molar-refractivity contribution in [3.8, 4) is 0 Å². The van der Waals surface area contributed by atoms with E-state index in [1.807, 2.05) is 0 Å². The molecule has 0 rings (SSSR count). The molecule has 0 spiro atoms. The molecule has 0 saturated heterocycles. The maximum absolute atomic E-state index is 4.56. The molecule has 0 amide bonds. The van der Waals surface area contributed by atoms with Crippen molar-refractivity contribution >= 4 is 16.4 Å². The van der Waals surface area contributed by atoms with E-state index in [1.165, 1.54) is 0 Å². The molecule has 2 nitrogen and oxygen atoms in total. The molecule has 0 atom stereocenters. The summed E-state index contributed by atoms with van der Waals surface area (Å²) in [7, 11) is 3.26. The predicted molar refractivity (Wildman–Crippen MR) is 19.8 cm³/mol. The quantitative estimate of drug-likeness (QED) is 0.491. The van der Waals surface area contributed by atoms with Gasteiger partial charge in [-0.2, -0.15) is 0 Å². The summed E-state index contributed by atoms with van der Waals surface area (Å²) in [6, 6.07) is 0. The van der Waals surface area contributed by atoms with Crippen LogP contribution in [0.25, 0.3) is 0 Å². The van der Waals surface area contributed by atoms with Crippen LogP contribution < -0.4 is 0 Å². The standard InChI is InChI=1S/C2H6AsO2/c1-4-3-5-2/h1-2H3. The molecular weight excluding hydrogens is 131 g/mol. The van der Waals surface area contributed by atoms with Gasteiger partial charge in [0.25, 0.3) is 0 Å². The topological polar surface area (TPSA) is 18.5 Å². The van der Waals surface area contributed by atoms with Gasteiger partial charge in [0, 0.05) is 0 Å². The van der Waals surface area contributed by atoms with Gasteiger partial charge in [-0.1, -0.05) is 0 Å². The molecule has 0 aliphatic rings. The summed E-state index contributed by atoms with van der Waals surface area (Å²) >= 11 is -0.257. The minimum absolute atomic E-state index is 0.257. The molecule has 0 aromatic rings. The summed E-state index contributed by atoms with van der Waals surface area (Å²) < 4.78 is 9.12. The van der Waals surface area contributed by atoms with Gasteiger partial charge in [-0.3, -0.25) is 0 Å². The van der Waals surface area contributed by atoms with Crippen LogP contribution >= 0.6 is 0 Å². The van der Waals surface area contributed by atoms with E-state index in [2.05, 4.69) is 7.45 Å². The predicted octanol–water partition coefficient (Wildman–Crippen LogP) is -0.187. The summed E-state index contributed by atoms with van der Waals surface area (Å²) in [5.74, 6) is 0. The fourth-order valence-electron chi connectivity index (χ4n) is 0.0745. The fraction of sp³-hybridized carbons (Fsp3) is 1.00. The molecule has 5 heavy (non-hydrogen) atoms. The van der Waals surface area contributed by atoms with Gasteiger partial charge in [-0.25, -0.2) is 0 Å². The number of rotatable bonds is 2. The normalized spacial score (nSPS) is 8.40. The van der Waals surface area contributed by atoms with E-state index in [4.69, 9.17) is 0 Å². The van der Waals surface area contributed by atoms with E-state index in [0.29, 0.717) is 0 Å². The molecule has 0 saturated carbocycles. The molecule has 0 aliphatic carbocycles.